The summed E-state index contributed by atoms with van der Waals surface area (Å²) in [6.45, 7) is 7.05. The van der Waals surface area contributed by atoms with Crippen molar-refractivity contribution in [1.29, 1.82) is 0 Å². The van der Waals surface area contributed by atoms with Crippen LogP contribution in [0.4, 0.5) is 11.4 Å². The zero-order chi connectivity index (χ0) is 35.7. The molecule has 8 heteroatoms. The number of hydrogen-bond donors (Lipinski definition) is 1. The molecule has 8 rings (SSSR count). The SMILES string of the molecule is Cc1c(C2CCN(c3ccc(C(=O)N4CCN(C)CC4)cc3NC(=O)C3CC3)CC2)ncn1C(c1ccccc1)(c1ccccc1)c1ccccc1. The van der Waals surface area contributed by atoms with Crippen molar-refractivity contribution in [2.24, 2.45) is 5.92 Å². The van der Waals surface area contributed by atoms with Crippen molar-refractivity contribution < 1.29 is 9.59 Å². The number of anilines is 2. The molecule has 4 aromatic carbocycles. The number of nitrogens with zero attached hydrogens (tertiary/aromatic N) is 5. The van der Waals surface area contributed by atoms with Gasteiger partial charge in [0, 0.05) is 62.4 Å². The molecule has 0 atom stereocenters. The Morgan fingerprint density at radius 3 is 1.81 bits per heavy atom. The molecular formula is C44H48N6O2. The van der Waals surface area contributed by atoms with Crippen molar-refractivity contribution in [2.45, 2.75) is 44.1 Å². The van der Waals surface area contributed by atoms with Crippen molar-refractivity contribution in [3.8, 4) is 0 Å². The normalized spacial score (nSPS) is 17.3. The number of nitrogens with one attached hydrogen (secondary N) is 1. The lowest BCUT2D eigenvalue weighted by molar-refractivity contribution is -0.117. The largest absolute Gasteiger partial charge is 0.370 e. The highest BCUT2D eigenvalue weighted by Gasteiger charge is 2.40. The highest BCUT2D eigenvalue weighted by molar-refractivity contribution is 6.01. The van der Waals surface area contributed by atoms with Gasteiger partial charge in [-0.1, -0.05) is 91.0 Å². The van der Waals surface area contributed by atoms with Crippen molar-refractivity contribution in [3.63, 3.8) is 0 Å². The first-order valence-electron chi connectivity index (χ1n) is 18.8. The third kappa shape index (κ3) is 6.41. The van der Waals surface area contributed by atoms with E-state index in [4.69, 9.17) is 4.98 Å². The molecule has 3 aliphatic rings. The summed E-state index contributed by atoms with van der Waals surface area (Å²) in [5.41, 5.74) is 7.63. The summed E-state index contributed by atoms with van der Waals surface area (Å²) in [5.74, 6) is 0.452. The Bertz CT molecular complexity index is 1910. The lowest BCUT2D eigenvalue weighted by atomic mass is 9.76. The van der Waals surface area contributed by atoms with Gasteiger partial charge in [0.15, 0.2) is 0 Å². The van der Waals surface area contributed by atoms with Crippen molar-refractivity contribution >= 4 is 23.2 Å². The number of amides is 2. The average molecular weight is 693 g/mol. The minimum atomic E-state index is -0.599. The predicted octanol–water partition coefficient (Wildman–Crippen LogP) is 7.15. The van der Waals surface area contributed by atoms with Crippen LogP contribution in [0.3, 0.4) is 0 Å². The van der Waals surface area contributed by atoms with Crippen LogP contribution in [-0.2, 0) is 10.3 Å². The number of benzene rings is 4. The van der Waals surface area contributed by atoms with E-state index in [9.17, 15) is 9.59 Å². The minimum Gasteiger partial charge on any atom is -0.370 e. The number of likely N-dealkylation sites (N-methyl/N-ethyl adjacent to an activating group) is 1. The monoisotopic (exact) mass is 692 g/mol. The molecule has 5 aromatic rings. The molecular weight excluding hydrogens is 645 g/mol. The Hall–Kier alpha value is -5.21. The molecule has 266 valence electrons. The molecule has 0 radical (unpaired) electrons. The van der Waals surface area contributed by atoms with E-state index in [1.54, 1.807) is 0 Å². The summed E-state index contributed by atoms with van der Waals surface area (Å²) in [4.78, 5) is 38.3. The topological polar surface area (TPSA) is 73.7 Å². The van der Waals surface area contributed by atoms with Gasteiger partial charge in [0.05, 0.1) is 23.4 Å². The second kappa shape index (κ2) is 14.4. The zero-order valence-electron chi connectivity index (χ0n) is 30.2. The molecule has 1 aliphatic carbocycles. The maximum atomic E-state index is 13.5. The second-order valence-electron chi connectivity index (χ2n) is 14.7. The molecule has 1 saturated carbocycles. The zero-order valence-corrected chi connectivity index (χ0v) is 30.2. The molecule has 3 fully saturated rings. The third-order valence-electron chi connectivity index (χ3n) is 11.4. The molecule has 2 saturated heterocycles. The van der Waals surface area contributed by atoms with Gasteiger partial charge in [0.25, 0.3) is 5.91 Å². The number of piperazine rings is 1. The summed E-state index contributed by atoms with van der Waals surface area (Å²) < 4.78 is 2.39. The number of piperidine rings is 1. The summed E-state index contributed by atoms with van der Waals surface area (Å²) in [6, 6.07) is 38.2. The highest BCUT2D eigenvalue weighted by atomic mass is 16.2. The van der Waals surface area contributed by atoms with E-state index in [0.29, 0.717) is 24.6 Å². The molecule has 52 heavy (non-hydrogen) atoms. The van der Waals surface area contributed by atoms with Crippen LogP contribution in [0.5, 0.6) is 0 Å². The molecule has 0 bridgehead atoms. The molecule has 1 N–H and O–H groups in total. The van der Waals surface area contributed by atoms with Crippen LogP contribution in [0.1, 0.15) is 70.0 Å². The molecule has 1 aromatic heterocycles. The molecule has 0 spiro atoms. The summed E-state index contributed by atoms with van der Waals surface area (Å²) >= 11 is 0. The quantitative estimate of drug-likeness (QED) is 0.166. The third-order valence-corrected chi connectivity index (χ3v) is 11.4. The Balaban J connectivity index is 1.08. The molecule has 8 nitrogen and oxygen atoms in total. The molecule has 0 unspecified atom stereocenters. The predicted molar refractivity (Wildman–Crippen MR) is 207 cm³/mol. The lowest BCUT2D eigenvalue weighted by Crippen LogP contribution is -2.47. The molecule has 2 aliphatic heterocycles. The fourth-order valence-corrected chi connectivity index (χ4v) is 8.33. The molecule has 2 amide bonds. The van der Waals surface area contributed by atoms with Crippen molar-refractivity contribution in [1.82, 2.24) is 19.4 Å². The van der Waals surface area contributed by atoms with Crippen molar-refractivity contribution in [3.05, 3.63) is 149 Å². The van der Waals surface area contributed by atoms with E-state index < -0.39 is 5.54 Å². The van der Waals surface area contributed by atoms with E-state index in [2.05, 4.69) is 125 Å². The second-order valence-corrected chi connectivity index (χ2v) is 14.7. The van der Waals surface area contributed by atoms with E-state index in [1.165, 1.54) is 22.4 Å². The fourth-order valence-electron chi connectivity index (χ4n) is 8.33. The smallest absolute Gasteiger partial charge is 0.254 e. The van der Waals surface area contributed by atoms with E-state index in [1.807, 2.05) is 29.4 Å². The van der Waals surface area contributed by atoms with Crippen LogP contribution in [0.15, 0.2) is 116 Å². The number of imidazole rings is 1. The molecule has 3 heterocycles. The van der Waals surface area contributed by atoms with Crippen LogP contribution < -0.4 is 10.2 Å². The Labute approximate surface area is 307 Å². The number of aromatic nitrogens is 2. The average Bonchev–Trinajstić information content (AvgIpc) is 3.99. The van der Waals surface area contributed by atoms with Crippen LogP contribution in [0, 0.1) is 12.8 Å². The van der Waals surface area contributed by atoms with E-state index >= 15 is 0 Å². The maximum Gasteiger partial charge on any atom is 0.254 e. The first-order valence-corrected chi connectivity index (χ1v) is 18.8. The van der Waals surface area contributed by atoms with Gasteiger partial charge in [-0.15, -0.1) is 0 Å². The summed E-state index contributed by atoms with van der Waals surface area (Å²) in [7, 11) is 2.09. The Morgan fingerprint density at radius 2 is 1.27 bits per heavy atom. The van der Waals surface area contributed by atoms with Gasteiger partial charge in [0.2, 0.25) is 5.91 Å². The number of rotatable bonds is 9. The minimum absolute atomic E-state index is 0.0314. The number of hydrogen-bond acceptors (Lipinski definition) is 5. The lowest BCUT2D eigenvalue weighted by Gasteiger charge is -2.39. The van der Waals surface area contributed by atoms with Crippen LogP contribution in [0.25, 0.3) is 0 Å². The first-order chi connectivity index (χ1) is 25.4. The number of carbonyl (C=O) groups is 2. The Morgan fingerprint density at radius 1 is 0.712 bits per heavy atom. The fraction of sp³-hybridized carbons (Fsp3) is 0.341. The van der Waals surface area contributed by atoms with Gasteiger partial charge in [-0.25, -0.2) is 4.98 Å². The van der Waals surface area contributed by atoms with Gasteiger partial charge in [-0.3, -0.25) is 9.59 Å². The van der Waals surface area contributed by atoms with Crippen LogP contribution >= 0.6 is 0 Å². The highest BCUT2D eigenvalue weighted by Crippen LogP contribution is 2.44. The number of carbonyl (C=O) groups excluding carboxylic acids is 2. The van der Waals surface area contributed by atoms with Gasteiger partial charge in [-0.05, 0) is 74.5 Å². The van der Waals surface area contributed by atoms with Gasteiger partial charge < -0.3 is 24.6 Å². The summed E-state index contributed by atoms with van der Waals surface area (Å²) in [6.07, 6.45) is 5.78. The van der Waals surface area contributed by atoms with Gasteiger partial charge in [0.1, 0.15) is 5.54 Å². The van der Waals surface area contributed by atoms with E-state index in [-0.39, 0.29) is 17.7 Å². The first kappa shape index (κ1) is 33.9. The maximum absolute atomic E-state index is 13.5. The standard InChI is InChI=1S/C44H48N6O2/c1-32-41(45-31-50(32)44(36-12-6-3-7-13-36,37-14-8-4-9-15-37)38-16-10-5-11-17-38)33-22-24-48(25-23-33)40-21-20-35(30-39(40)46-42(51)34-18-19-34)43(52)49-28-26-47(2)27-29-49/h3-17,20-21,30-31,33-34H,18-19,22-29H2,1-2H3,(H,46,51). The van der Waals surface area contributed by atoms with Crippen LogP contribution in [-0.4, -0.2) is 77.5 Å². The van der Waals surface area contributed by atoms with Crippen molar-refractivity contribution in [2.75, 3.05) is 56.5 Å². The van der Waals surface area contributed by atoms with Gasteiger partial charge >= 0.3 is 0 Å². The summed E-state index contributed by atoms with van der Waals surface area (Å²) in [5, 5.41) is 3.22. The van der Waals surface area contributed by atoms with E-state index in [0.717, 1.165) is 68.9 Å². The van der Waals surface area contributed by atoms with Crippen LogP contribution in [0.2, 0.25) is 0 Å². The van der Waals surface area contributed by atoms with Gasteiger partial charge in [-0.2, -0.15) is 0 Å². The Kier molecular flexibility index (Phi) is 9.41.